The Morgan fingerprint density at radius 3 is 2.85 bits per heavy atom. The average Bonchev–Trinajstić information content (AvgIpc) is 2.44. The summed E-state index contributed by atoms with van der Waals surface area (Å²) < 4.78 is 0. The van der Waals surface area contributed by atoms with Crippen LogP contribution in [-0.2, 0) is 6.54 Å². The van der Waals surface area contributed by atoms with Gasteiger partial charge in [-0.2, -0.15) is 9.90 Å². The van der Waals surface area contributed by atoms with Crippen molar-refractivity contribution in [1.82, 2.24) is 15.0 Å². The fourth-order valence-corrected chi connectivity index (χ4v) is 1.56. The first-order chi connectivity index (χ1) is 6.18. The third kappa shape index (κ3) is 1.80. The number of hydrogen-bond acceptors (Lipinski definition) is 4. The Labute approximate surface area is 76.5 Å². The normalized spacial score (nSPS) is 19.8. The van der Waals surface area contributed by atoms with E-state index in [9.17, 15) is 5.11 Å². The van der Waals surface area contributed by atoms with E-state index in [4.69, 9.17) is 5.73 Å². The maximum atomic E-state index is 9.78. The molecular formula is C8H14N4O. The molecule has 2 rings (SSSR count). The van der Waals surface area contributed by atoms with Crippen LogP contribution in [0.2, 0.25) is 0 Å². The van der Waals surface area contributed by atoms with Crippen LogP contribution in [0.3, 0.4) is 0 Å². The number of rotatable bonds is 3. The lowest BCUT2D eigenvalue weighted by Crippen LogP contribution is -2.37. The van der Waals surface area contributed by atoms with Gasteiger partial charge in [-0.3, -0.25) is 0 Å². The predicted octanol–water partition coefficient (Wildman–Crippen LogP) is 0.165. The van der Waals surface area contributed by atoms with E-state index in [0.29, 0.717) is 12.4 Å². The lowest BCUT2D eigenvalue weighted by atomic mass is 9.78. The molecule has 5 nitrogen and oxygen atoms in total. The minimum atomic E-state index is -0.456. The fourth-order valence-electron chi connectivity index (χ4n) is 1.56. The molecule has 1 aliphatic carbocycles. The molecule has 0 bridgehead atoms. The Morgan fingerprint density at radius 1 is 1.62 bits per heavy atom. The Kier molecular flexibility index (Phi) is 1.95. The van der Waals surface area contributed by atoms with Gasteiger partial charge in [0.25, 0.3) is 0 Å². The summed E-state index contributed by atoms with van der Waals surface area (Å²) in [5.41, 5.74) is 4.95. The van der Waals surface area contributed by atoms with E-state index in [1.54, 1.807) is 0 Å². The molecule has 0 atom stereocenters. The molecule has 0 radical (unpaired) electrons. The molecular weight excluding hydrogens is 168 g/mol. The summed E-state index contributed by atoms with van der Waals surface area (Å²) in [5.74, 6) is 0.431. The lowest BCUT2D eigenvalue weighted by molar-refractivity contribution is -0.0446. The summed E-state index contributed by atoms with van der Waals surface area (Å²) in [6, 6.07) is 0. The summed E-state index contributed by atoms with van der Waals surface area (Å²) in [4.78, 5) is 1.53. The predicted molar refractivity (Wildman–Crippen MR) is 47.9 cm³/mol. The minimum absolute atomic E-state index is 0.431. The van der Waals surface area contributed by atoms with Crippen molar-refractivity contribution in [2.45, 2.75) is 37.8 Å². The van der Waals surface area contributed by atoms with Gasteiger partial charge in [-0.1, -0.05) is 0 Å². The van der Waals surface area contributed by atoms with E-state index in [-0.39, 0.29) is 0 Å². The molecule has 0 saturated heterocycles. The van der Waals surface area contributed by atoms with Crippen LogP contribution in [0.1, 0.15) is 25.7 Å². The molecule has 5 heteroatoms. The lowest BCUT2D eigenvalue weighted by Gasteiger charge is -2.36. The van der Waals surface area contributed by atoms with E-state index >= 15 is 0 Å². The first kappa shape index (κ1) is 8.50. The summed E-state index contributed by atoms with van der Waals surface area (Å²) in [5, 5.41) is 17.7. The van der Waals surface area contributed by atoms with E-state index < -0.39 is 5.60 Å². The van der Waals surface area contributed by atoms with Crippen molar-refractivity contribution < 1.29 is 5.11 Å². The number of aromatic nitrogens is 3. The van der Waals surface area contributed by atoms with Gasteiger partial charge < -0.3 is 10.8 Å². The zero-order valence-electron chi connectivity index (χ0n) is 7.48. The number of nitrogens with zero attached hydrogens (tertiary/aromatic N) is 3. The van der Waals surface area contributed by atoms with Gasteiger partial charge in [-0.15, -0.1) is 5.10 Å². The Bertz CT molecular complexity index is 292. The Morgan fingerprint density at radius 2 is 2.38 bits per heavy atom. The highest BCUT2D eigenvalue weighted by atomic mass is 16.3. The Balaban J connectivity index is 1.85. The Hall–Kier alpha value is -1.10. The quantitative estimate of drug-likeness (QED) is 0.698. The van der Waals surface area contributed by atoms with Crippen LogP contribution in [0.15, 0.2) is 6.20 Å². The van der Waals surface area contributed by atoms with Gasteiger partial charge in [-0.05, 0) is 25.7 Å². The van der Waals surface area contributed by atoms with Crippen molar-refractivity contribution in [2.75, 3.05) is 5.73 Å². The third-order valence-corrected chi connectivity index (χ3v) is 2.62. The molecule has 1 fully saturated rings. The van der Waals surface area contributed by atoms with Crippen molar-refractivity contribution in [1.29, 1.82) is 0 Å². The SMILES string of the molecule is Nc1cnn(CCC2(O)CCC2)n1. The monoisotopic (exact) mass is 182 g/mol. The molecule has 0 aliphatic heterocycles. The minimum Gasteiger partial charge on any atom is -0.390 e. The number of anilines is 1. The van der Waals surface area contributed by atoms with Gasteiger partial charge in [0, 0.05) is 0 Å². The van der Waals surface area contributed by atoms with Crippen molar-refractivity contribution in [3.8, 4) is 0 Å². The van der Waals surface area contributed by atoms with Crippen molar-refractivity contribution in [2.24, 2.45) is 0 Å². The van der Waals surface area contributed by atoms with Gasteiger partial charge in [0.05, 0.1) is 18.3 Å². The molecule has 1 aromatic heterocycles. The van der Waals surface area contributed by atoms with Crippen molar-refractivity contribution in [3.63, 3.8) is 0 Å². The van der Waals surface area contributed by atoms with Gasteiger partial charge in [-0.25, -0.2) is 0 Å². The summed E-state index contributed by atoms with van der Waals surface area (Å²) in [6.07, 6.45) is 5.19. The van der Waals surface area contributed by atoms with Crippen LogP contribution in [0.4, 0.5) is 5.82 Å². The van der Waals surface area contributed by atoms with Crippen LogP contribution in [0.25, 0.3) is 0 Å². The van der Waals surface area contributed by atoms with E-state index in [1.165, 1.54) is 11.0 Å². The van der Waals surface area contributed by atoms with Crippen LogP contribution >= 0.6 is 0 Å². The number of aliphatic hydroxyl groups is 1. The molecule has 0 amide bonds. The third-order valence-electron chi connectivity index (χ3n) is 2.62. The fraction of sp³-hybridized carbons (Fsp3) is 0.750. The van der Waals surface area contributed by atoms with E-state index in [1.807, 2.05) is 0 Å². The van der Waals surface area contributed by atoms with Crippen LogP contribution in [0.5, 0.6) is 0 Å². The molecule has 13 heavy (non-hydrogen) atoms. The van der Waals surface area contributed by atoms with Crippen LogP contribution in [-0.4, -0.2) is 25.7 Å². The van der Waals surface area contributed by atoms with Crippen LogP contribution < -0.4 is 5.73 Å². The number of hydrogen-bond donors (Lipinski definition) is 2. The number of nitrogens with two attached hydrogens (primary N) is 1. The van der Waals surface area contributed by atoms with Crippen molar-refractivity contribution >= 4 is 5.82 Å². The average molecular weight is 182 g/mol. The summed E-state index contributed by atoms with van der Waals surface area (Å²) in [7, 11) is 0. The zero-order valence-corrected chi connectivity index (χ0v) is 7.48. The number of nitrogen functional groups attached to an aromatic ring is 1. The molecule has 0 spiro atoms. The molecule has 1 aromatic rings. The highest BCUT2D eigenvalue weighted by Crippen LogP contribution is 2.34. The van der Waals surface area contributed by atoms with Gasteiger partial charge >= 0.3 is 0 Å². The second-order valence-electron chi connectivity index (χ2n) is 3.69. The molecule has 0 aromatic carbocycles. The maximum Gasteiger partial charge on any atom is 0.165 e. The summed E-state index contributed by atoms with van der Waals surface area (Å²) in [6.45, 7) is 0.647. The molecule has 3 N–H and O–H groups in total. The topological polar surface area (TPSA) is 77.0 Å². The van der Waals surface area contributed by atoms with Crippen molar-refractivity contribution in [3.05, 3.63) is 6.20 Å². The largest absolute Gasteiger partial charge is 0.390 e. The zero-order chi connectivity index (χ0) is 9.31. The highest BCUT2D eigenvalue weighted by molar-refractivity contribution is 5.19. The highest BCUT2D eigenvalue weighted by Gasteiger charge is 2.33. The van der Waals surface area contributed by atoms with E-state index in [2.05, 4.69) is 10.2 Å². The molecule has 1 aliphatic rings. The first-order valence-electron chi connectivity index (χ1n) is 4.56. The molecule has 1 saturated carbocycles. The standard InChI is InChI=1S/C8H14N4O/c9-7-6-10-12(11-7)5-4-8(13)2-1-3-8/h6,13H,1-5H2,(H2,9,11). The van der Waals surface area contributed by atoms with E-state index in [0.717, 1.165) is 25.7 Å². The molecule has 1 heterocycles. The molecule has 0 unspecified atom stereocenters. The summed E-state index contributed by atoms with van der Waals surface area (Å²) >= 11 is 0. The maximum absolute atomic E-state index is 9.78. The second-order valence-corrected chi connectivity index (χ2v) is 3.69. The van der Waals surface area contributed by atoms with Gasteiger partial charge in [0.2, 0.25) is 0 Å². The van der Waals surface area contributed by atoms with Crippen LogP contribution in [0, 0.1) is 0 Å². The second kappa shape index (κ2) is 2.99. The molecule has 72 valence electrons. The van der Waals surface area contributed by atoms with Gasteiger partial charge in [0.15, 0.2) is 5.82 Å². The first-order valence-corrected chi connectivity index (χ1v) is 4.56. The van der Waals surface area contributed by atoms with Gasteiger partial charge in [0.1, 0.15) is 0 Å². The smallest absolute Gasteiger partial charge is 0.165 e. The number of aryl methyl sites for hydroxylation is 1.